The van der Waals surface area contributed by atoms with Crippen LogP contribution in [0.25, 0.3) is 0 Å². The summed E-state index contributed by atoms with van der Waals surface area (Å²) in [6.07, 6.45) is 22.1. The Balaban J connectivity index is 1.71. The van der Waals surface area contributed by atoms with Gasteiger partial charge in [-0.15, -0.1) is 0 Å². The molecule has 1 aliphatic rings. The molecule has 1 aliphatic heterocycles. The van der Waals surface area contributed by atoms with Crippen molar-refractivity contribution in [1.82, 2.24) is 0 Å². The van der Waals surface area contributed by atoms with Crippen LogP contribution in [0.5, 0.6) is 0 Å². The van der Waals surface area contributed by atoms with Gasteiger partial charge in [-0.05, 0) is 6.42 Å². The van der Waals surface area contributed by atoms with Gasteiger partial charge in [0.1, 0.15) is 12.7 Å². The summed E-state index contributed by atoms with van der Waals surface area (Å²) in [6, 6.07) is 0. The van der Waals surface area contributed by atoms with E-state index in [-0.39, 0.29) is 18.8 Å². The Labute approximate surface area is 156 Å². The lowest BCUT2D eigenvalue weighted by Gasteiger charge is -2.28. The van der Waals surface area contributed by atoms with Gasteiger partial charge in [0, 0.05) is 0 Å². The SMILES string of the molecule is CCCCCCCCCCCCCCCCCC1COC(C[O])CO1. The van der Waals surface area contributed by atoms with Crippen LogP contribution in [0.3, 0.4) is 0 Å². The first-order valence-corrected chi connectivity index (χ1v) is 11.2. The predicted molar refractivity (Wildman–Crippen MR) is 105 cm³/mol. The molecule has 149 valence electrons. The lowest BCUT2D eigenvalue weighted by atomic mass is 10.0. The van der Waals surface area contributed by atoms with Crippen LogP contribution in [0.1, 0.15) is 110 Å². The van der Waals surface area contributed by atoms with Crippen molar-refractivity contribution >= 4 is 0 Å². The Kier molecular flexibility index (Phi) is 15.9. The van der Waals surface area contributed by atoms with E-state index in [1.807, 2.05) is 0 Å². The Hall–Kier alpha value is -0.120. The second-order valence-electron chi connectivity index (χ2n) is 7.82. The van der Waals surface area contributed by atoms with Gasteiger partial charge in [-0.3, -0.25) is 0 Å². The van der Waals surface area contributed by atoms with Crippen molar-refractivity contribution in [1.29, 1.82) is 0 Å². The number of hydrogen-bond acceptors (Lipinski definition) is 2. The maximum absolute atomic E-state index is 10.7. The molecular formula is C22H43O3. The van der Waals surface area contributed by atoms with E-state index in [4.69, 9.17) is 9.47 Å². The number of hydrogen-bond donors (Lipinski definition) is 0. The van der Waals surface area contributed by atoms with E-state index in [0.717, 1.165) is 6.42 Å². The van der Waals surface area contributed by atoms with Crippen LogP contribution in [0.2, 0.25) is 0 Å². The zero-order valence-corrected chi connectivity index (χ0v) is 16.8. The van der Waals surface area contributed by atoms with Crippen LogP contribution in [0.4, 0.5) is 0 Å². The van der Waals surface area contributed by atoms with Crippen molar-refractivity contribution in [3.8, 4) is 0 Å². The van der Waals surface area contributed by atoms with Gasteiger partial charge in [-0.1, -0.05) is 103 Å². The lowest BCUT2D eigenvalue weighted by Crippen LogP contribution is -2.37. The highest BCUT2D eigenvalue weighted by Crippen LogP contribution is 2.16. The van der Waals surface area contributed by atoms with Gasteiger partial charge < -0.3 is 9.47 Å². The van der Waals surface area contributed by atoms with Gasteiger partial charge in [0.15, 0.2) is 0 Å². The predicted octanol–water partition coefficient (Wildman–Crippen LogP) is 6.46. The molecule has 0 aliphatic carbocycles. The minimum atomic E-state index is -0.211. The molecule has 0 bridgehead atoms. The van der Waals surface area contributed by atoms with Gasteiger partial charge in [0.05, 0.1) is 19.3 Å². The average molecular weight is 356 g/mol. The molecule has 2 unspecified atom stereocenters. The Morgan fingerprint density at radius 1 is 0.600 bits per heavy atom. The molecular weight excluding hydrogens is 312 g/mol. The number of rotatable bonds is 17. The van der Waals surface area contributed by atoms with Crippen LogP contribution >= 0.6 is 0 Å². The first-order valence-electron chi connectivity index (χ1n) is 11.2. The molecule has 0 aromatic rings. The highest BCUT2D eigenvalue weighted by molar-refractivity contribution is 4.67. The van der Waals surface area contributed by atoms with E-state index in [0.29, 0.717) is 13.2 Å². The van der Waals surface area contributed by atoms with Gasteiger partial charge >= 0.3 is 0 Å². The van der Waals surface area contributed by atoms with E-state index in [2.05, 4.69) is 6.92 Å². The molecule has 0 amide bonds. The molecule has 0 spiro atoms. The highest BCUT2D eigenvalue weighted by Gasteiger charge is 2.21. The minimum absolute atomic E-state index is 0.175. The van der Waals surface area contributed by atoms with E-state index >= 15 is 0 Å². The van der Waals surface area contributed by atoms with Crippen molar-refractivity contribution in [3.05, 3.63) is 0 Å². The molecule has 3 heteroatoms. The molecule has 3 nitrogen and oxygen atoms in total. The summed E-state index contributed by atoms with van der Waals surface area (Å²) >= 11 is 0. The maximum Gasteiger partial charge on any atom is 0.111 e. The zero-order valence-electron chi connectivity index (χ0n) is 16.8. The fraction of sp³-hybridized carbons (Fsp3) is 1.00. The highest BCUT2D eigenvalue weighted by atomic mass is 16.6. The summed E-state index contributed by atoms with van der Waals surface area (Å²) in [6.45, 7) is 3.22. The molecule has 0 aromatic carbocycles. The monoisotopic (exact) mass is 355 g/mol. The standard InChI is InChI=1S/C22H43O3/c1-2-3-4-5-6-7-8-9-10-11-12-13-14-15-16-17-21-19-25-22(18-23)20-24-21/h21-22H,2-20H2,1H3. The molecule has 0 N–H and O–H groups in total. The summed E-state index contributed by atoms with van der Waals surface area (Å²) in [5.74, 6) is 0. The van der Waals surface area contributed by atoms with Gasteiger partial charge in [-0.2, -0.15) is 0 Å². The first kappa shape index (κ1) is 22.9. The Bertz CT molecular complexity index is 262. The summed E-state index contributed by atoms with van der Waals surface area (Å²) in [5, 5.41) is 10.7. The van der Waals surface area contributed by atoms with Crippen LogP contribution in [0.15, 0.2) is 0 Å². The number of ether oxygens (including phenoxy) is 2. The molecule has 1 rings (SSSR count). The third-order valence-corrected chi connectivity index (χ3v) is 5.35. The average Bonchev–Trinajstić information content (AvgIpc) is 2.65. The van der Waals surface area contributed by atoms with E-state index in [1.54, 1.807) is 0 Å². The van der Waals surface area contributed by atoms with Crippen molar-refractivity contribution in [2.75, 3.05) is 19.8 Å². The van der Waals surface area contributed by atoms with Crippen LogP contribution in [0, 0.1) is 0 Å². The van der Waals surface area contributed by atoms with Crippen LogP contribution < -0.4 is 0 Å². The maximum atomic E-state index is 10.7. The second-order valence-corrected chi connectivity index (χ2v) is 7.82. The van der Waals surface area contributed by atoms with Gasteiger partial charge in [0.2, 0.25) is 0 Å². The molecule has 25 heavy (non-hydrogen) atoms. The third kappa shape index (κ3) is 13.7. The Morgan fingerprint density at radius 2 is 1.00 bits per heavy atom. The summed E-state index contributed by atoms with van der Waals surface area (Å²) in [5.41, 5.74) is 0. The lowest BCUT2D eigenvalue weighted by molar-refractivity contribution is -0.153. The molecule has 2 atom stereocenters. The summed E-state index contributed by atoms with van der Waals surface area (Å²) in [4.78, 5) is 0. The fourth-order valence-electron chi connectivity index (χ4n) is 3.59. The summed E-state index contributed by atoms with van der Waals surface area (Å²) < 4.78 is 11.2. The topological polar surface area (TPSA) is 38.4 Å². The van der Waals surface area contributed by atoms with Gasteiger partial charge in [0.25, 0.3) is 0 Å². The first-order chi connectivity index (χ1) is 12.4. The van der Waals surface area contributed by atoms with Crippen molar-refractivity contribution in [3.63, 3.8) is 0 Å². The zero-order chi connectivity index (χ0) is 18.0. The smallest absolute Gasteiger partial charge is 0.111 e. The van der Waals surface area contributed by atoms with E-state index in [1.165, 1.54) is 96.3 Å². The van der Waals surface area contributed by atoms with Crippen LogP contribution in [-0.4, -0.2) is 32.0 Å². The quantitative estimate of drug-likeness (QED) is 0.281. The molecule has 1 fully saturated rings. The number of unbranched alkanes of at least 4 members (excludes halogenated alkanes) is 14. The van der Waals surface area contributed by atoms with Crippen LogP contribution in [-0.2, 0) is 14.6 Å². The van der Waals surface area contributed by atoms with Crippen molar-refractivity contribution < 1.29 is 14.6 Å². The molecule has 1 saturated heterocycles. The fourth-order valence-corrected chi connectivity index (χ4v) is 3.59. The third-order valence-electron chi connectivity index (χ3n) is 5.35. The molecule has 0 saturated carbocycles. The molecule has 0 aromatic heterocycles. The van der Waals surface area contributed by atoms with E-state index < -0.39 is 0 Å². The normalized spacial score (nSPS) is 20.9. The molecule has 1 radical (unpaired) electrons. The van der Waals surface area contributed by atoms with E-state index in [9.17, 15) is 5.11 Å². The minimum Gasteiger partial charge on any atom is -0.373 e. The Morgan fingerprint density at radius 3 is 1.40 bits per heavy atom. The molecule has 1 heterocycles. The van der Waals surface area contributed by atoms with Crippen molar-refractivity contribution in [2.45, 2.75) is 122 Å². The van der Waals surface area contributed by atoms with Gasteiger partial charge in [-0.25, -0.2) is 5.11 Å². The second kappa shape index (κ2) is 17.3. The summed E-state index contributed by atoms with van der Waals surface area (Å²) in [7, 11) is 0. The largest absolute Gasteiger partial charge is 0.373 e. The van der Waals surface area contributed by atoms with Crippen molar-refractivity contribution in [2.24, 2.45) is 0 Å².